The van der Waals surface area contributed by atoms with Gasteiger partial charge in [-0.05, 0) is 12.1 Å². The number of nitrogens with one attached hydrogen (secondary N) is 1. The molecule has 90 valence electrons. The van der Waals surface area contributed by atoms with E-state index in [4.69, 9.17) is 5.73 Å². The molecule has 0 aliphatic carbocycles. The number of hydrogen-bond donors (Lipinski definition) is 2. The van der Waals surface area contributed by atoms with Crippen molar-refractivity contribution >= 4 is 22.8 Å². The molecule has 2 aromatic heterocycles. The first-order valence-electron chi connectivity index (χ1n) is 5.54. The van der Waals surface area contributed by atoms with Crippen LogP contribution in [0.25, 0.3) is 11.0 Å². The lowest BCUT2D eigenvalue weighted by molar-refractivity contribution is 0.571. The minimum atomic E-state index is -0.00624. The third-order valence-corrected chi connectivity index (χ3v) is 2.58. The summed E-state index contributed by atoms with van der Waals surface area (Å²) in [5, 5.41) is 3.88. The van der Waals surface area contributed by atoms with E-state index in [2.05, 4.69) is 41.0 Å². The Bertz CT molecular complexity index is 557. The highest BCUT2D eigenvalue weighted by molar-refractivity contribution is 5.87. The van der Waals surface area contributed by atoms with E-state index in [0.29, 0.717) is 11.5 Å². The Labute approximate surface area is 100 Å². The minimum absolute atomic E-state index is 0.00624. The van der Waals surface area contributed by atoms with Crippen LogP contribution in [0.5, 0.6) is 0 Å². The topological polar surface area (TPSA) is 76.7 Å². The Balaban J connectivity index is 2.70. The largest absolute Gasteiger partial charge is 0.372 e. The van der Waals surface area contributed by atoms with Gasteiger partial charge in [0.15, 0.2) is 5.65 Å². The van der Waals surface area contributed by atoms with E-state index < -0.39 is 0 Å². The van der Waals surface area contributed by atoms with E-state index in [0.717, 1.165) is 11.1 Å². The zero-order valence-electron chi connectivity index (χ0n) is 10.6. The smallest absolute Gasteiger partial charge is 0.224 e. The maximum Gasteiger partial charge on any atom is 0.224 e. The highest BCUT2D eigenvalue weighted by atomic mass is 15.1. The van der Waals surface area contributed by atoms with Crippen molar-refractivity contribution in [1.29, 1.82) is 0 Å². The maximum absolute atomic E-state index is 5.66. The van der Waals surface area contributed by atoms with Crippen LogP contribution in [-0.2, 0) is 5.41 Å². The third kappa shape index (κ3) is 2.13. The molecule has 0 aliphatic rings. The summed E-state index contributed by atoms with van der Waals surface area (Å²) in [5.74, 6) is 0.945. The van der Waals surface area contributed by atoms with Crippen molar-refractivity contribution in [3.05, 3.63) is 17.8 Å². The van der Waals surface area contributed by atoms with Gasteiger partial charge in [0.1, 0.15) is 5.82 Å². The number of nitrogens with two attached hydrogens (primary N) is 1. The second kappa shape index (κ2) is 3.84. The summed E-state index contributed by atoms with van der Waals surface area (Å²) < 4.78 is 0. The van der Waals surface area contributed by atoms with Crippen molar-refractivity contribution in [2.24, 2.45) is 0 Å². The molecule has 2 heterocycles. The lowest BCUT2D eigenvalue weighted by Crippen LogP contribution is -2.14. The maximum atomic E-state index is 5.66. The summed E-state index contributed by atoms with van der Waals surface area (Å²) >= 11 is 0. The third-order valence-electron chi connectivity index (χ3n) is 2.58. The van der Waals surface area contributed by atoms with E-state index in [1.807, 2.05) is 12.1 Å². The first-order valence-corrected chi connectivity index (χ1v) is 5.54. The predicted molar refractivity (Wildman–Crippen MR) is 70.0 cm³/mol. The zero-order valence-corrected chi connectivity index (χ0v) is 10.6. The molecule has 0 aromatic carbocycles. The second-order valence-corrected chi connectivity index (χ2v) is 5.00. The number of nitrogen functional groups attached to an aromatic ring is 1. The van der Waals surface area contributed by atoms with Gasteiger partial charge in [0.2, 0.25) is 5.95 Å². The molecule has 0 bridgehead atoms. The molecule has 0 fully saturated rings. The molecule has 3 N–H and O–H groups in total. The fraction of sp³-hybridized carbons (Fsp3) is 0.417. The summed E-state index contributed by atoms with van der Waals surface area (Å²) in [5.41, 5.74) is 7.28. The number of fused-ring (bicyclic) bond motifs is 1. The van der Waals surface area contributed by atoms with Crippen molar-refractivity contribution in [3.63, 3.8) is 0 Å². The van der Waals surface area contributed by atoms with Gasteiger partial charge in [-0.15, -0.1) is 0 Å². The van der Waals surface area contributed by atoms with Gasteiger partial charge in [-0.2, -0.15) is 9.97 Å². The fourth-order valence-corrected chi connectivity index (χ4v) is 1.64. The van der Waals surface area contributed by atoms with Gasteiger partial charge in [-0.25, -0.2) is 4.98 Å². The van der Waals surface area contributed by atoms with E-state index in [9.17, 15) is 0 Å². The molecule has 2 aromatic rings. The number of aromatic nitrogens is 3. The molecule has 17 heavy (non-hydrogen) atoms. The average Bonchev–Trinajstić information content (AvgIpc) is 2.25. The Hall–Kier alpha value is -1.91. The van der Waals surface area contributed by atoms with Gasteiger partial charge in [-0.3, -0.25) is 0 Å². The van der Waals surface area contributed by atoms with Crippen LogP contribution in [0.4, 0.5) is 11.8 Å². The molecule has 0 atom stereocenters. The fourth-order valence-electron chi connectivity index (χ4n) is 1.64. The summed E-state index contributed by atoms with van der Waals surface area (Å²) in [4.78, 5) is 12.8. The molecule has 0 saturated carbocycles. The van der Waals surface area contributed by atoms with Crippen molar-refractivity contribution in [2.75, 3.05) is 18.1 Å². The number of hydrogen-bond acceptors (Lipinski definition) is 5. The molecule has 5 nitrogen and oxygen atoms in total. The van der Waals surface area contributed by atoms with Gasteiger partial charge in [0.25, 0.3) is 0 Å². The van der Waals surface area contributed by atoms with Gasteiger partial charge in [-0.1, -0.05) is 20.8 Å². The van der Waals surface area contributed by atoms with Gasteiger partial charge < -0.3 is 11.1 Å². The van der Waals surface area contributed by atoms with Crippen LogP contribution in [0.15, 0.2) is 12.1 Å². The standard InChI is InChI=1S/C12H17N5/c1-12(2,3)8-6-5-7-9(14-4)16-11(13)17-10(7)15-8/h5-6H,1-4H3,(H3,13,14,15,16,17). The molecule has 5 heteroatoms. The Morgan fingerprint density at radius 3 is 2.41 bits per heavy atom. The zero-order chi connectivity index (χ0) is 12.6. The first kappa shape index (κ1) is 11.6. The summed E-state index contributed by atoms with van der Waals surface area (Å²) in [6.45, 7) is 6.35. The summed E-state index contributed by atoms with van der Waals surface area (Å²) in [6, 6.07) is 3.98. The van der Waals surface area contributed by atoms with E-state index >= 15 is 0 Å². The quantitative estimate of drug-likeness (QED) is 0.784. The summed E-state index contributed by atoms with van der Waals surface area (Å²) in [6.07, 6.45) is 0. The Kier molecular flexibility index (Phi) is 2.61. The molecule has 0 spiro atoms. The lowest BCUT2D eigenvalue weighted by atomic mass is 9.91. The molecule has 0 radical (unpaired) electrons. The molecule has 0 amide bonds. The molecule has 2 rings (SSSR count). The Morgan fingerprint density at radius 2 is 1.82 bits per heavy atom. The molecular formula is C12H17N5. The number of rotatable bonds is 1. The molecule has 0 unspecified atom stereocenters. The molecular weight excluding hydrogens is 214 g/mol. The second-order valence-electron chi connectivity index (χ2n) is 5.00. The average molecular weight is 231 g/mol. The van der Waals surface area contributed by atoms with Crippen molar-refractivity contribution < 1.29 is 0 Å². The van der Waals surface area contributed by atoms with Gasteiger partial charge >= 0.3 is 0 Å². The van der Waals surface area contributed by atoms with E-state index in [1.54, 1.807) is 7.05 Å². The van der Waals surface area contributed by atoms with Crippen molar-refractivity contribution in [2.45, 2.75) is 26.2 Å². The van der Waals surface area contributed by atoms with Crippen LogP contribution >= 0.6 is 0 Å². The number of nitrogens with zero attached hydrogens (tertiary/aromatic N) is 3. The van der Waals surface area contributed by atoms with Crippen LogP contribution in [0.2, 0.25) is 0 Å². The van der Waals surface area contributed by atoms with Crippen molar-refractivity contribution in [3.8, 4) is 0 Å². The minimum Gasteiger partial charge on any atom is -0.372 e. The molecule has 0 saturated heterocycles. The normalized spacial score (nSPS) is 11.8. The summed E-state index contributed by atoms with van der Waals surface area (Å²) in [7, 11) is 1.80. The highest BCUT2D eigenvalue weighted by Crippen LogP contribution is 2.25. The van der Waals surface area contributed by atoms with Crippen LogP contribution in [0.1, 0.15) is 26.5 Å². The van der Waals surface area contributed by atoms with Crippen LogP contribution in [-0.4, -0.2) is 22.0 Å². The monoisotopic (exact) mass is 231 g/mol. The first-order chi connectivity index (χ1) is 7.91. The predicted octanol–water partition coefficient (Wildman–Crippen LogP) is 1.95. The van der Waals surface area contributed by atoms with Gasteiger partial charge in [0, 0.05) is 18.2 Å². The number of anilines is 2. The Morgan fingerprint density at radius 1 is 1.12 bits per heavy atom. The van der Waals surface area contributed by atoms with Gasteiger partial charge in [0.05, 0.1) is 5.39 Å². The van der Waals surface area contributed by atoms with Crippen molar-refractivity contribution in [1.82, 2.24) is 15.0 Å². The molecule has 0 aliphatic heterocycles. The van der Waals surface area contributed by atoms with Crippen LogP contribution in [0.3, 0.4) is 0 Å². The van der Waals surface area contributed by atoms with Crippen LogP contribution < -0.4 is 11.1 Å². The lowest BCUT2D eigenvalue weighted by Gasteiger charge is -2.18. The SMILES string of the molecule is CNc1nc(N)nc2nc(C(C)(C)C)ccc12. The number of pyridine rings is 1. The van der Waals surface area contributed by atoms with E-state index in [1.165, 1.54) is 0 Å². The highest BCUT2D eigenvalue weighted by Gasteiger charge is 2.17. The van der Waals surface area contributed by atoms with E-state index in [-0.39, 0.29) is 11.4 Å². The van der Waals surface area contributed by atoms with Crippen LogP contribution in [0, 0.1) is 0 Å².